The van der Waals surface area contributed by atoms with Crippen molar-refractivity contribution in [1.82, 2.24) is 0 Å². The summed E-state index contributed by atoms with van der Waals surface area (Å²) in [6, 6.07) is 0. The van der Waals surface area contributed by atoms with Crippen molar-refractivity contribution in [3.05, 3.63) is 23.8 Å². The number of alkyl halides is 1. The number of hydrogen-bond donors (Lipinski definition) is 2. The van der Waals surface area contributed by atoms with E-state index in [9.17, 15) is 24.6 Å². The van der Waals surface area contributed by atoms with Gasteiger partial charge in [-0.3, -0.25) is 14.4 Å². The van der Waals surface area contributed by atoms with Gasteiger partial charge in [0.15, 0.2) is 11.4 Å². The molecule has 3 saturated carbocycles. The van der Waals surface area contributed by atoms with Crippen LogP contribution in [0.4, 0.5) is 0 Å². The van der Waals surface area contributed by atoms with Gasteiger partial charge in [-0.25, -0.2) is 0 Å². The van der Waals surface area contributed by atoms with Gasteiger partial charge in [0.05, 0.1) is 11.0 Å². The molecule has 0 aromatic rings. The lowest BCUT2D eigenvalue weighted by atomic mass is 9.45. The second-order valence-corrected chi connectivity index (χ2v) is 11.2. The number of carbonyl (C=O) groups is 3. The molecule has 0 saturated heterocycles. The van der Waals surface area contributed by atoms with Gasteiger partial charge in [0.2, 0.25) is 5.78 Å². The van der Waals surface area contributed by atoms with Crippen molar-refractivity contribution in [2.24, 2.45) is 28.6 Å². The third kappa shape index (κ3) is 2.69. The zero-order chi connectivity index (χ0) is 23.7. The molecule has 0 aromatic heterocycles. The second kappa shape index (κ2) is 7.51. The summed E-state index contributed by atoms with van der Waals surface area (Å²) < 4.78 is 5.92. The van der Waals surface area contributed by atoms with Gasteiger partial charge in [0, 0.05) is 23.2 Å². The minimum Gasteiger partial charge on any atom is -0.450 e. The molecule has 4 aliphatic carbocycles. The Morgan fingerprint density at radius 1 is 1.28 bits per heavy atom. The molecule has 3 fully saturated rings. The molecule has 0 heterocycles. The Kier molecular flexibility index (Phi) is 5.55. The van der Waals surface area contributed by atoms with Crippen molar-refractivity contribution < 1.29 is 29.3 Å². The van der Waals surface area contributed by atoms with Gasteiger partial charge < -0.3 is 14.9 Å². The summed E-state index contributed by atoms with van der Waals surface area (Å²) in [7, 11) is 0. The molecule has 0 aromatic carbocycles. The van der Waals surface area contributed by atoms with E-state index in [0.717, 1.165) is 5.57 Å². The number of hydrogen-bond acceptors (Lipinski definition) is 6. The monoisotopic (exact) mass is 464 g/mol. The molecule has 4 rings (SSSR count). The van der Waals surface area contributed by atoms with E-state index in [1.807, 2.05) is 26.8 Å². The lowest BCUT2D eigenvalue weighted by Crippen LogP contribution is -2.69. The van der Waals surface area contributed by atoms with Crippen LogP contribution >= 0.6 is 11.6 Å². The molecule has 2 N–H and O–H groups in total. The first kappa shape index (κ1) is 23.7. The number of carbonyl (C=O) groups excluding carboxylic acids is 3. The van der Waals surface area contributed by atoms with Crippen molar-refractivity contribution in [2.45, 2.75) is 76.4 Å². The van der Waals surface area contributed by atoms with Crippen LogP contribution in [-0.2, 0) is 19.1 Å². The van der Waals surface area contributed by atoms with E-state index in [0.29, 0.717) is 19.3 Å². The van der Waals surface area contributed by atoms with Gasteiger partial charge >= 0.3 is 5.97 Å². The number of esters is 1. The molecule has 2 unspecified atom stereocenters. The molecule has 8 atom stereocenters. The average molecular weight is 465 g/mol. The van der Waals surface area contributed by atoms with Crippen LogP contribution in [0, 0.1) is 28.6 Å². The van der Waals surface area contributed by atoms with Crippen LogP contribution in [0.3, 0.4) is 0 Å². The highest BCUT2D eigenvalue weighted by atomic mass is 35.5. The van der Waals surface area contributed by atoms with Crippen molar-refractivity contribution in [2.75, 3.05) is 6.61 Å². The van der Waals surface area contributed by atoms with Crippen molar-refractivity contribution >= 4 is 29.1 Å². The number of rotatable bonds is 4. The minimum absolute atomic E-state index is 0.0696. The van der Waals surface area contributed by atoms with Gasteiger partial charge in [-0.05, 0) is 49.7 Å². The van der Waals surface area contributed by atoms with E-state index in [2.05, 4.69) is 0 Å². The molecule has 0 spiro atoms. The fourth-order valence-electron chi connectivity index (χ4n) is 7.77. The molecule has 6 nitrogen and oxygen atoms in total. The highest BCUT2D eigenvalue weighted by Gasteiger charge is 2.76. The second-order valence-electron chi connectivity index (χ2n) is 10.5. The fraction of sp³-hybridized carbons (Fsp3) is 0.720. The van der Waals surface area contributed by atoms with Gasteiger partial charge in [0.1, 0.15) is 6.61 Å². The molecular formula is C25H33ClO6. The first-order valence-electron chi connectivity index (χ1n) is 11.6. The average Bonchev–Trinajstić information content (AvgIpc) is 2.96. The molecule has 0 bridgehead atoms. The standard InChI is InChI=1S/C25H33ClO6/c1-5-21(31)32-25(20(30)13-27)14(2)10-18-17-7-6-15-11-16(28)8-9-22(15,3)24(17,26)19(29)12-23(18,25)4/h8-9,11,14,17-19,27,29H,5-7,10,12-13H2,1-4H3/t14-,17?,18?,19-,22-,23-,24-,25-/m0/s1. The number of allylic oxidation sites excluding steroid dienone is 4. The first-order chi connectivity index (χ1) is 14.9. The van der Waals surface area contributed by atoms with Crippen LogP contribution in [0.5, 0.6) is 0 Å². The van der Waals surface area contributed by atoms with Crippen LogP contribution in [-0.4, -0.2) is 50.9 Å². The van der Waals surface area contributed by atoms with Crippen molar-refractivity contribution in [3.8, 4) is 0 Å². The smallest absolute Gasteiger partial charge is 0.306 e. The topological polar surface area (TPSA) is 101 Å². The summed E-state index contributed by atoms with van der Waals surface area (Å²) in [6.07, 6.45) is 6.21. The molecule has 0 amide bonds. The summed E-state index contributed by atoms with van der Waals surface area (Å²) in [5.74, 6) is -1.66. The Bertz CT molecular complexity index is 925. The summed E-state index contributed by atoms with van der Waals surface area (Å²) >= 11 is 7.41. The van der Waals surface area contributed by atoms with Crippen LogP contribution in [0.2, 0.25) is 0 Å². The first-order valence-corrected chi connectivity index (χ1v) is 12.0. The molecule has 32 heavy (non-hydrogen) atoms. The Balaban J connectivity index is 1.85. The van der Waals surface area contributed by atoms with E-state index in [1.165, 1.54) is 6.08 Å². The summed E-state index contributed by atoms with van der Waals surface area (Å²) in [4.78, 5) is 36.7. The number of aliphatic hydroxyl groups is 2. The van der Waals surface area contributed by atoms with Gasteiger partial charge in [0.25, 0.3) is 0 Å². The molecular weight excluding hydrogens is 432 g/mol. The number of ketones is 2. The van der Waals surface area contributed by atoms with Crippen LogP contribution in [0.15, 0.2) is 23.8 Å². The van der Waals surface area contributed by atoms with Crippen LogP contribution in [0.1, 0.15) is 59.8 Å². The molecule has 7 heteroatoms. The fourth-order valence-corrected chi connectivity index (χ4v) is 8.29. The summed E-state index contributed by atoms with van der Waals surface area (Å²) in [6.45, 7) is 6.72. The molecule has 176 valence electrons. The normalized spacial score (nSPS) is 47.2. The number of fused-ring (bicyclic) bond motifs is 5. The SMILES string of the molecule is CCC(=O)O[C@]1(C(=O)CO)[C@@H](C)CC2C3CCC4=CC(=O)C=C[C@]4(C)[C@@]3(Cl)[C@@H](O)C[C@@]21C. The Hall–Kier alpha value is -1.50. The quantitative estimate of drug-likeness (QED) is 0.489. The molecule has 0 radical (unpaired) electrons. The van der Waals surface area contributed by atoms with E-state index in [1.54, 1.807) is 13.0 Å². The van der Waals surface area contributed by atoms with E-state index in [4.69, 9.17) is 16.3 Å². The number of Topliss-reactive ketones (excluding diaryl/α,β-unsaturated/α-hetero) is 1. The number of aliphatic hydroxyl groups excluding tert-OH is 2. The Labute approximate surface area is 194 Å². The highest BCUT2D eigenvalue weighted by molar-refractivity contribution is 6.26. The predicted octanol–water partition coefficient (Wildman–Crippen LogP) is 3.13. The number of halogens is 1. The maximum absolute atomic E-state index is 13.2. The van der Waals surface area contributed by atoms with Crippen molar-refractivity contribution in [1.29, 1.82) is 0 Å². The molecule has 0 aliphatic heterocycles. The van der Waals surface area contributed by atoms with Crippen LogP contribution in [0.25, 0.3) is 0 Å². The van der Waals surface area contributed by atoms with E-state index < -0.39 is 45.8 Å². The van der Waals surface area contributed by atoms with Gasteiger partial charge in [-0.15, -0.1) is 11.6 Å². The Morgan fingerprint density at radius 2 is 1.97 bits per heavy atom. The maximum Gasteiger partial charge on any atom is 0.306 e. The summed E-state index contributed by atoms with van der Waals surface area (Å²) in [5, 5.41) is 21.5. The zero-order valence-electron chi connectivity index (χ0n) is 19.2. The van der Waals surface area contributed by atoms with Crippen molar-refractivity contribution in [3.63, 3.8) is 0 Å². The molecule has 4 aliphatic rings. The summed E-state index contributed by atoms with van der Waals surface area (Å²) in [5.41, 5.74) is -2.14. The minimum atomic E-state index is -1.51. The lowest BCUT2D eigenvalue weighted by Gasteiger charge is -2.64. The van der Waals surface area contributed by atoms with E-state index in [-0.39, 0.29) is 36.4 Å². The largest absolute Gasteiger partial charge is 0.450 e. The van der Waals surface area contributed by atoms with E-state index >= 15 is 0 Å². The highest BCUT2D eigenvalue weighted by Crippen LogP contribution is 2.72. The number of ether oxygens (including phenoxy) is 1. The Morgan fingerprint density at radius 3 is 2.59 bits per heavy atom. The van der Waals surface area contributed by atoms with Gasteiger partial charge in [-0.1, -0.05) is 39.3 Å². The predicted molar refractivity (Wildman–Crippen MR) is 119 cm³/mol. The third-order valence-corrected chi connectivity index (χ3v) is 10.2. The maximum atomic E-state index is 13.2. The third-order valence-electron chi connectivity index (χ3n) is 9.30. The lowest BCUT2D eigenvalue weighted by molar-refractivity contribution is -0.202. The van der Waals surface area contributed by atoms with Gasteiger partial charge in [-0.2, -0.15) is 0 Å². The van der Waals surface area contributed by atoms with Crippen LogP contribution < -0.4 is 0 Å². The zero-order valence-corrected chi connectivity index (χ0v) is 19.9.